The summed E-state index contributed by atoms with van der Waals surface area (Å²) in [5, 5.41) is 3.02. The van der Waals surface area contributed by atoms with E-state index in [1.54, 1.807) is 24.3 Å². The average Bonchev–Trinajstić information content (AvgIpc) is 2.67. The van der Waals surface area contributed by atoms with E-state index < -0.39 is 0 Å². The Bertz CT molecular complexity index is 692. The molecule has 1 fully saturated rings. The molecule has 146 valence electrons. The van der Waals surface area contributed by atoms with Gasteiger partial charge in [0.1, 0.15) is 0 Å². The number of Topliss-reactive ketones (excluding diaryl/α,β-unsaturated/α-hetero) is 3. The van der Waals surface area contributed by atoms with E-state index >= 15 is 0 Å². The van der Waals surface area contributed by atoms with Crippen molar-refractivity contribution in [3.05, 3.63) is 41.6 Å². The second-order valence-corrected chi connectivity index (χ2v) is 7.06. The number of carbonyl (C=O) groups is 3. The zero-order valence-electron chi connectivity index (χ0n) is 16.5. The zero-order chi connectivity index (χ0) is 19.9. The van der Waals surface area contributed by atoms with E-state index in [4.69, 9.17) is 4.74 Å². The number of hydrogen-bond donors (Lipinski definition) is 1. The van der Waals surface area contributed by atoms with Crippen LogP contribution in [0.3, 0.4) is 0 Å². The van der Waals surface area contributed by atoms with E-state index in [9.17, 15) is 14.4 Å². The first-order valence-corrected chi connectivity index (χ1v) is 9.68. The molecule has 0 radical (unpaired) electrons. The molecule has 0 atom stereocenters. The van der Waals surface area contributed by atoms with Gasteiger partial charge in [-0.2, -0.15) is 0 Å². The maximum Gasteiger partial charge on any atom is 0.168 e. The van der Waals surface area contributed by atoms with E-state index in [1.807, 2.05) is 20.8 Å². The number of benzene rings is 1. The third kappa shape index (κ3) is 5.36. The lowest BCUT2D eigenvalue weighted by Gasteiger charge is -2.34. The van der Waals surface area contributed by atoms with Crippen LogP contribution in [0.25, 0.3) is 0 Å². The van der Waals surface area contributed by atoms with E-state index in [1.165, 1.54) is 6.20 Å². The predicted octanol–water partition coefficient (Wildman–Crippen LogP) is 4.33. The maximum absolute atomic E-state index is 12.4. The van der Waals surface area contributed by atoms with Gasteiger partial charge in [0.05, 0.1) is 12.2 Å². The van der Waals surface area contributed by atoms with E-state index in [0.717, 1.165) is 18.5 Å². The molecule has 0 aliphatic heterocycles. The molecule has 2 rings (SSSR count). The first-order valence-electron chi connectivity index (χ1n) is 9.68. The lowest BCUT2D eigenvalue weighted by molar-refractivity contribution is -0.128. The number of rotatable bonds is 9. The van der Waals surface area contributed by atoms with Gasteiger partial charge < -0.3 is 10.1 Å². The van der Waals surface area contributed by atoms with Crippen LogP contribution in [0.1, 0.15) is 63.2 Å². The Morgan fingerprint density at radius 2 is 1.67 bits per heavy atom. The standard InChI is InChI=1S/C22H29NO4/c1-4-22(5-2)13-20(25)18(21(26)14-22)15-23-17-9-7-16(8-10-17)19(24)11-12-27-6-3/h7-10,15,23H,4-6,11-14H2,1-3H3. The monoisotopic (exact) mass is 371 g/mol. The van der Waals surface area contributed by atoms with Gasteiger partial charge in [-0.3, -0.25) is 14.4 Å². The molecule has 0 aromatic heterocycles. The number of anilines is 1. The first-order chi connectivity index (χ1) is 12.9. The third-order valence-corrected chi connectivity index (χ3v) is 5.44. The van der Waals surface area contributed by atoms with Crippen molar-refractivity contribution in [3.8, 4) is 0 Å². The molecule has 5 nitrogen and oxygen atoms in total. The van der Waals surface area contributed by atoms with Crippen molar-refractivity contribution >= 4 is 23.0 Å². The van der Waals surface area contributed by atoms with Crippen molar-refractivity contribution in [2.24, 2.45) is 5.41 Å². The van der Waals surface area contributed by atoms with Crippen LogP contribution in [0, 0.1) is 5.41 Å². The van der Waals surface area contributed by atoms with Crippen LogP contribution in [-0.2, 0) is 14.3 Å². The molecule has 1 aromatic rings. The van der Waals surface area contributed by atoms with E-state index in [0.29, 0.717) is 38.0 Å². The van der Waals surface area contributed by atoms with Gasteiger partial charge in [-0.1, -0.05) is 13.8 Å². The summed E-state index contributed by atoms with van der Waals surface area (Å²) in [5.74, 6) is -0.156. The molecule has 1 aliphatic rings. The summed E-state index contributed by atoms with van der Waals surface area (Å²) in [6, 6.07) is 7.01. The van der Waals surface area contributed by atoms with Gasteiger partial charge in [0, 0.05) is 43.3 Å². The predicted molar refractivity (Wildman–Crippen MR) is 106 cm³/mol. The number of allylic oxidation sites excluding steroid dienone is 1. The first kappa shape index (κ1) is 21.0. The van der Waals surface area contributed by atoms with E-state index in [2.05, 4.69) is 5.32 Å². The van der Waals surface area contributed by atoms with Gasteiger partial charge >= 0.3 is 0 Å². The summed E-state index contributed by atoms with van der Waals surface area (Å²) < 4.78 is 5.20. The zero-order valence-corrected chi connectivity index (χ0v) is 16.5. The molecule has 27 heavy (non-hydrogen) atoms. The Morgan fingerprint density at radius 1 is 1.07 bits per heavy atom. The number of nitrogens with one attached hydrogen (secondary N) is 1. The van der Waals surface area contributed by atoms with Crippen LogP contribution in [0.15, 0.2) is 36.0 Å². The summed E-state index contributed by atoms with van der Waals surface area (Å²) in [6.45, 7) is 6.98. The highest BCUT2D eigenvalue weighted by Crippen LogP contribution is 2.40. The lowest BCUT2D eigenvalue weighted by Crippen LogP contribution is -2.35. The van der Waals surface area contributed by atoms with Gasteiger partial charge in [0.25, 0.3) is 0 Å². The Labute approximate surface area is 161 Å². The summed E-state index contributed by atoms with van der Waals surface area (Å²) in [6.07, 6.45) is 4.37. The second-order valence-electron chi connectivity index (χ2n) is 7.06. The molecule has 0 heterocycles. The lowest BCUT2D eigenvalue weighted by atomic mass is 9.68. The van der Waals surface area contributed by atoms with Crippen molar-refractivity contribution in [2.75, 3.05) is 18.5 Å². The SMILES string of the molecule is CCOCCC(=O)c1ccc(NC=C2C(=O)CC(CC)(CC)CC2=O)cc1. The highest BCUT2D eigenvalue weighted by Gasteiger charge is 2.39. The topological polar surface area (TPSA) is 72.5 Å². The molecule has 0 amide bonds. The number of hydrogen-bond acceptors (Lipinski definition) is 5. The minimum absolute atomic E-state index is 0.0291. The Kier molecular flexibility index (Phi) is 7.48. The van der Waals surface area contributed by atoms with Crippen LogP contribution < -0.4 is 5.32 Å². The van der Waals surface area contributed by atoms with Crippen molar-refractivity contribution in [1.82, 2.24) is 0 Å². The maximum atomic E-state index is 12.4. The van der Waals surface area contributed by atoms with Crippen LogP contribution in [0.2, 0.25) is 0 Å². The number of carbonyl (C=O) groups excluding carboxylic acids is 3. The highest BCUT2D eigenvalue weighted by atomic mass is 16.5. The quantitative estimate of drug-likeness (QED) is 0.303. The summed E-state index contributed by atoms with van der Waals surface area (Å²) in [4.78, 5) is 36.9. The molecule has 1 aliphatic carbocycles. The number of ether oxygens (including phenoxy) is 1. The van der Waals surface area contributed by atoms with Crippen molar-refractivity contribution in [2.45, 2.75) is 52.9 Å². The van der Waals surface area contributed by atoms with Crippen molar-refractivity contribution in [1.29, 1.82) is 0 Å². The third-order valence-electron chi connectivity index (χ3n) is 5.44. The average molecular weight is 371 g/mol. The molecule has 5 heteroatoms. The molecule has 1 saturated carbocycles. The van der Waals surface area contributed by atoms with Crippen LogP contribution in [0.4, 0.5) is 5.69 Å². The van der Waals surface area contributed by atoms with Crippen LogP contribution in [-0.4, -0.2) is 30.6 Å². The molecular weight excluding hydrogens is 342 g/mol. The Balaban J connectivity index is 2.00. The van der Waals surface area contributed by atoms with Gasteiger partial charge in [0.2, 0.25) is 0 Å². The molecule has 1 N–H and O–H groups in total. The minimum atomic E-state index is -0.186. The number of ketones is 3. The van der Waals surface area contributed by atoms with E-state index in [-0.39, 0.29) is 28.3 Å². The van der Waals surface area contributed by atoms with Crippen LogP contribution in [0.5, 0.6) is 0 Å². The second kappa shape index (κ2) is 9.60. The largest absolute Gasteiger partial charge is 0.381 e. The smallest absolute Gasteiger partial charge is 0.168 e. The van der Waals surface area contributed by atoms with Gasteiger partial charge in [-0.25, -0.2) is 0 Å². The molecule has 0 spiro atoms. The van der Waals surface area contributed by atoms with Gasteiger partial charge in [-0.15, -0.1) is 0 Å². The molecule has 1 aromatic carbocycles. The normalized spacial score (nSPS) is 16.3. The fourth-order valence-electron chi connectivity index (χ4n) is 3.36. The molecular formula is C22H29NO4. The van der Waals surface area contributed by atoms with Crippen molar-refractivity contribution < 1.29 is 19.1 Å². The minimum Gasteiger partial charge on any atom is -0.381 e. The Hall–Kier alpha value is -2.27. The fraction of sp³-hybridized carbons (Fsp3) is 0.500. The van der Waals surface area contributed by atoms with Crippen molar-refractivity contribution in [3.63, 3.8) is 0 Å². The molecule has 0 saturated heterocycles. The summed E-state index contributed by atoms with van der Waals surface area (Å²) in [5.41, 5.74) is 1.40. The summed E-state index contributed by atoms with van der Waals surface area (Å²) in [7, 11) is 0. The van der Waals surface area contributed by atoms with Crippen LogP contribution >= 0.6 is 0 Å². The highest BCUT2D eigenvalue weighted by molar-refractivity contribution is 6.22. The van der Waals surface area contributed by atoms with Gasteiger partial charge in [-0.05, 0) is 49.4 Å². The summed E-state index contributed by atoms with van der Waals surface area (Å²) >= 11 is 0. The molecule has 0 unspecified atom stereocenters. The fourth-order valence-corrected chi connectivity index (χ4v) is 3.36. The molecule has 0 bridgehead atoms. The van der Waals surface area contributed by atoms with Gasteiger partial charge in [0.15, 0.2) is 17.3 Å². The Morgan fingerprint density at radius 3 is 2.19 bits per heavy atom.